The van der Waals surface area contributed by atoms with Crippen LogP contribution in [0, 0.1) is 5.92 Å². The average Bonchev–Trinajstić information content (AvgIpc) is 2.28. The quantitative estimate of drug-likeness (QED) is 0.857. The molecule has 1 N–H and O–H groups in total. The molecule has 0 aromatic heterocycles. The highest BCUT2D eigenvalue weighted by Crippen LogP contribution is 2.24. The number of halogens is 3. The number of aliphatic carboxylic acids is 1. The fourth-order valence-electron chi connectivity index (χ4n) is 1.54. The summed E-state index contributed by atoms with van der Waals surface area (Å²) in [5, 5.41) is 8.93. The van der Waals surface area contributed by atoms with Gasteiger partial charge in [0.15, 0.2) is 0 Å². The van der Waals surface area contributed by atoms with Crippen LogP contribution in [0.1, 0.15) is 19.4 Å². The van der Waals surface area contributed by atoms with E-state index in [1.165, 1.54) is 38.1 Å². The van der Waals surface area contributed by atoms with E-state index in [9.17, 15) is 18.0 Å². The summed E-state index contributed by atoms with van der Waals surface area (Å²) in [6.45, 7) is 3.03. The highest BCUT2D eigenvalue weighted by Gasteiger charge is 2.38. The van der Waals surface area contributed by atoms with Crippen LogP contribution < -0.4 is 0 Å². The van der Waals surface area contributed by atoms with Crippen molar-refractivity contribution < 1.29 is 23.1 Å². The molecule has 0 aliphatic carbocycles. The van der Waals surface area contributed by atoms with Gasteiger partial charge in [-0.05, 0) is 5.92 Å². The second-order valence-electron chi connectivity index (χ2n) is 4.37. The molecule has 0 saturated carbocycles. The minimum atomic E-state index is -4.69. The molecular weight excluding hydrogens is 259 g/mol. The Bertz CT molecular complexity index is 467. The molecule has 1 rings (SSSR count). The number of carboxylic acids is 1. The third-order valence-electron chi connectivity index (χ3n) is 2.47. The topological polar surface area (TPSA) is 49.7 Å². The molecule has 0 bridgehead atoms. The zero-order valence-corrected chi connectivity index (χ0v) is 10.5. The summed E-state index contributed by atoms with van der Waals surface area (Å²) in [6.07, 6.45) is -4.69. The number of hydrogen-bond donors (Lipinski definition) is 1. The molecule has 1 atom stereocenters. The highest BCUT2D eigenvalue weighted by atomic mass is 19.4. The van der Waals surface area contributed by atoms with Gasteiger partial charge in [0, 0.05) is 5.56 Å². The van der Waals surface area contributed by atoms with Crippen molar-refractivity contribution >= 4 is 11.7 Å². The zero-order chi connectivity index (χ0) is 14.6. The van der Waals surface area contributed by atoms with Gasteiger partial charge < -0.3 is 5.11 Å². The number of aliphatic imine (C=N–C) groups is 1. The van der Waals surface area contributed by atoms with Crippen molar-refractivity contribution in [2.24, 2.45) is 10.9 Å². The summed E-state index contributed by atoms with van der Waals surface area (Å²) < 4.78 is 38.9. The molecule has 0 saturated heterocycles. The Morgan fingerprint density at radius 3 is 2.11 bits per heavy atom. The molecule has 0 amide bonds. The molecule has 0 fully saturated rings. The second-order valence-corrected chi connectivity index (χ2v) is 4.37. The van der Waals surface area contributed by atoms with Crippen molar-refractivity contribution in [3.8, 4) is 0 Å². The third kappa shape index (κ3) is 4.08. The number of carboxylic acid groups (broad SMARTS) is 1. The van der Waals surface area contributed by atoms with Crippen LogP contribution in [-0.2, 0) is 4.79 Å². The second kappa shape index (κ2) is 5.86. The molecule has 1 aromatic carbocycles. The number of benzene rings is 1. The van der Waals surface area contributed by atoms with Gasteiger partial charge in [-0.15, -0.1) is 0 Å². The Kier molecular flexibility index (Phi) is 4.69. The maximum Gasteiger partial charge on any atom is 0.433 e. The summed E-state index contributed by atoms with van der Waals surface area (Å²) >= 11 is 0. The van der Waals surface area contributed by atoms with Crippen molar-refractivity contribution in [1.82, 2.24) is 0 Å². The molecule has 3 nitrogen and oxygen atoms in total. The number of alkyl halides is 3. The maximum atomic E-state index is 13.0. The predicted octanol–water partition coefficient (Wildman–Crippen LogP) is 3.15. The third-order valence-corrected chi connectivity index (χ3v) is 2.47. The summed E-state index contributed by atoms with van der Waals surface area (Å²) in [4.78, 5) is 14.4. The van der Waals surface area contributed by atoms with E-state index in [1.807, 2.05) is 0 Å². The molecule has 0 spiro atoms. The minimum absolute atomic E-state index is 0.137. The molecule has 6 heteroatoms. The zero-order valence-electron chi connectivity index (χ0n) is 10.5. The fourth-order valence-corrected chi connectivity index (χ4v) is 1.54. The van der Waals surface area contributed by atoms with E-state index >= 15 is 0 Å². The van der Waals surface area contributed by atoms with E-state index in [4.69, 9.17) is 5.11 Å². The molecule has 0 unspecified atom stereocenters. The molecule has 0 radical (unpaired) electrons. The molecule has 0 aliphatic rings. The van der Waals surface area contributed by atoms with Crippen molar-refractivity contribution in [2.75, 3.05) is 0 Å². The first-order chi connectivity index (χ1) is 8.73. The lowest BCUT2D eigenvalue weighted by molar-refractivity contribution is -0.139. The largest absolute Gasteiger partial charge is 0.480 e. The Morgan fingerprint density at radius 1 is 1.21 bits per heavy atom. The first-order valence-corrected chi connectivity index (χ1v) is 5.66. The van der Waals surface area contributed by atoms with Gasteiger partial charge in [0.25, 0.3) is 0 Å². The van der Waals surface area contributed by atoms with Crippen molar-refractivity contribution in [1.29, 1.82) is 0 Å². The van der Waals surface area contributed by atoms with E-state index in [0.717, 1.165) is 0 Å². The van der Waals surface area contributed by atoms with Crippen LogP contribution in [0.5, 0.6) is 0 Å². The van der Waals surface area contributed by atoms with Gasteiger partial charge >= 0.3 is 12.1 Å². The van der Waals surface area contributed by atoms with Crippen molar-refractivity contribution in [3.05, 3.63) is 35.9 Å². The molecule has 104 valence electrons. The van der Waals surface area contributed by atoms with Crippen LogP contribution in [-0.4, -0.2) is 29.0 Å². The van der Waals surface area contributed by atoms with E-state index in [2.05, 4.69) is 4.99 Å². The van der Waals surface area contributed by atoms with Gasteiger partial charge in [-0.2, -0.15) is 13.2 Å². The molecule has 19 heavy (non-hydrogen) atoms. The van der Waals surface area contributed by atoms with Gasteiger partial charge in [-0.3, -0.25) is 4.99 Å². The van der Waals surface area contributed by atoms with Gasteiger partial charge in [0.1, 0.15) is 11.8 Å². The number of hydrogen-bond acceptors (Lipinski definition) is 2. The van der Waals surface area contributed by atoms with E-state index < -0.39 is 29.8 Å². The smallest absolute Gasteiger partial charge is 0.433 e. The van der Waals surface area contributed by atoms with E-state index in [1.54, 1.807) is 6.07 Å². The van der Waals surface area contributed by atoms with Crippen molar-refractivity contribution in [2.45, 2.75) is 26.1 Å². The molecular formula is C13H14F3NO2. The minimum Gasteiger partial charge on any atom is -0.480 e. The summed E-state index contributed by atoms with van der Waals surface area (Å²) in [7, 11) is 0. The van der Waals surface area contributed by atoms with Crippen LogP contribution in [0.15, 0.2) is 35.3 Å². The first-order valence-electron chi connectivity index (χ1n) is 5.66. The summed E-state index contributed by atoms with van der Waals surface area (Å²) in [5.74, 6) is -1.90. The van der Waals surface area contributed by atoms with Gasteiger partial charge in [-0.25, -0.2) is 4.79 Å². The predicted molar refractivity (Wildman–Crippen MR) is 65.3 cm³/mol. The lowest BCUT2D eigenvalue weighted by Gasteiger charge is -2.16. The standard InChI is InChI=1S/C13H14F3NO2/c1-8(2)10(12(18)19)17-11(13(14,15)16)9-6-4-3-5-7-9/h3-8,10H,1-2H3,(H,18,19)/t10-/m0/s1. The molecule has 0 heterocycles. The van der Waals surface area contributed by atoms with Crippen LogP contribution in [0.2, 0.25) is 0 Å². The lowest BCUT2D eigenvalue weighted by Crippen LogP contribution is -2.31. The van der Waals surface area contributed by atoms with Crippen LogP contribution in [0.4, 0.5) is 13.2 Å². The monoisotopic (exact) mass is 273 g/mol. The fraction of sp³-hybridized carbons (Fsp3) is 0.385. The maximum absolute atomic E-state index is 13.0. The molecule has 1 aromatic rings. The number of nitrogens with zero attached hydrogens (tertiary/aromatic N) is 1. The van der Waals surface area contributed by atoms with Crippen LogP contribution in [0.25, 0.3) is 0 Å². The number of rotatable bonds is 4. The Labute approximate surface area is 108 Å². The Morgan fingerprint density at radius 2 is 1.74 bits per heavy atom. The summed E-state index contributed by atoms with van der Waals surface area (Å²) in [5.41, 5.74) is -1.30. The molecule has 0 aliphatic heterocycles. The van der Waals surface area contributed by atoms with Gasteiger partial charge in [0.2, 0.25) is 0 Å². The normalized spacial score (nSPS) is 14.5. The van der Waals surface area contributed by atoms with Crippen LogP contribution >= 0.6 is 0 Å². The van der Waals surface area contributed by atoms with Gasteiger partial charge in [-0.1, -0.05) is 44.2 Å². The van der Waals surface area contributed by atoms with E-state index in [0.29, 0.717) is 0 Å². The van der Waals surface area contributed by atoms with E-state index in [-0.39, 0.29) is 5.56 Å². The lowest BCUT2D eigenvalue weighted by atomic mass is 10.0. The average molecular weight is 273 g/mol. The SMILES string of the molecule is CC(C)[C@H](N=C(c1ccccc1)C(F)(F)F)C(=O)O. The summed E-state index contributed by atoms with van der Waals surface area (Å²) in [6, 6.07) is 5.56. The first kappa shape index (κ1) is 15.2. The van der Waals surface area contributed by atoms with Crippen LogP contribution in [0.3, 0.4) is 0 Å². The number of carbonyl (C=O) groups is 1. The Hall–Kier alpha value is -1.85. The highest BCUT2D eigenvalue weighted by molar-refractivity contribution is 6.05. The van der Waals surface area contributed by atoms with Crippen molar-refractivity contribution in [3.63, 3.8) is 0 Å². The Balaban J connectivity index is 3.29. The van der Waals surface area contributed by atoms with Gasteiger partial charge in [0.05, 0.1) is 0 Å².